The normalized spacial score (nSPS) is 12.7. The second kappa shape index (κ2) is 26.1. The summed E-state index contributed by atoms with van der Waals surface area (Å²) in [5.41, 5.74) is 2.54. The Balaban J connectivity index is 0.000000466. The third-order valence-electron chi connectivity index (χ3n) is 6.18. The van der Waals surface area contributed by atoms with Crippen LogP contribution in [0.1, 0.15) is 75.8 Å². The van der Waals surface area contributed by atoms with Gasteiger partial charge in [-0.3, -0.25) is 4.98 Å². The summed E-state index contributed by atoms with van der Waals surface area (Å²) in [7, 11) is 8.26. The zero-order valence-corrected chi connectivity index (χ0v) is 27.0. The summed E-state index contributed by atoms with van der Waals surface area (Å²) in [6.45, 7) is 7.60. The number of benzene rings is 1. The minimum atomic E-state index is 0.826. The number of unbranched alkanes of at least 4 members (excludes halogenated alkanes) is 2. The number of imidazole rings is 1. The molecular formula is C33H57N5S. The highest BCUT2D eigenvalue weighted by molar-refractivity contribution is 7.98. The number of nitrogens with zero attached hydrogens (tertiary/aromatic N) is 4. The Morgan fingerprint density at radius 2 is 1.59 bits per heavy atom. The van der Waals surface area contributed by atoms with Gasteiger partial charge in [-0.15, -0.1) is 11.8 Å². The van der Waals surface area contributed by atoms with E-state index in [0.717, 1.165) is 6.04 Å². The Kier molecular flexibility index (Phi) is 24.7. The summed E-state index contributed by atoms with van der Waals surface area (Å²) >= 11 is 1.78. The topological polar surface area (TPSA) is 46.0 Å². The van der Waals surface area contributed by atoms with Crippen molar-refractivity contribution in [3.63, 3.8) is 0 Å². The molecule has 1 N–H and O–H groups in total. The molecule has 1 fully saturated rings. The van der Waals surface area contributed by atoms with Crippen LogP contribution in [0, 0.1) is 13.8 Å². The fourth-order valence-corrected chi connectivity index (χ4v) is 4.10. The molecule has 0 atom stereocenters. The van der Waals surface area contributed by atoms with E-state index in [4.69, 9.17) is 0 Å². The quantitative estimate of drug-likeness (QED) is 0.189. The molecule has 3 aromatic rings. The van der Waals surface area contributed by atoms with E-state index in [1.54, 1.807) is 30.5 Å². The van der Waals surface area contributed by atoms with E-state index < -0.39 is 0 Å². The first kappa shape index (κ1) is 36.8. The summed E-state index contributed by atoms with van der Waals surface area (Å²) in [6.07, 6.45) is 23.7. The van der Waals surface area contributed by atoms with E-state index in [1.807, 2.05) is 43.1 Å². The van der Waals surface area contributed by atoms with Crippen molar-refractivity contribution < 1.29 is 0 Å². The number of rotatable bonds is 6. The largest absolute Gasteiger partial charge is 0.341 e. The molecule has 5 nitrogen and oxygen atoms in total. The molecule has 0 radical (unpaired) electrons. The SMILES string of the molecule is CCCCCN(C)C.CNC1CCCCCC1.CSc1ccc(C)cc1.Cc1cccnc1.Cn1ccnc1. The molecule has 0 saturated heterocycles. The summed E-state index contributed by atoms with van der Waals surface area (Å²) in [5.74, 6) is 0. The number of pyridine rings is 1. The lowest BCUT2D eigenvalue weighted by Crippen LogP contribution is -2.23. The van der Waals surface area contributed by atoms with Crippen molar-refractivity contribution in [2.75, 3.05) is 33.9 Å². The van der Waals surface area contributed by atoms with Gasteiger partial charge >= 0.3 is 0 Å². The van der Waals surface area contributed by atoms with Gasteiger partial charge in [0, 0.05) is 42.8 Å². The predicted octanol–water partition coefficient (Wildman–Crippen LogP) is 8.19. The Morgan fingerprint density at radius 1 is 0.923 bits per heavy atom. The summed E-state index contributed by atoms with van der Waals surface area (Å²) in [6, 6.07) is 13.3. The fourth-order valence-electron chi connectivity index (χ4n) is 3.69. The van der Waals surface area contributed by atoms with Crippen LogP contribution < -0.4 is 5.32 Å². The smallest absolute Gasteiger partial charge is 0.0943 e. The molecule has 1 aliphatic rings. The van der Waals surface area contributed by atoms with Crippen LogP contribution in [0.2, 0.25) is 0 Å². The second-order valence-electron chi connectivity index (χ2n) is 10.3. The van der Waals surface area contributed by atoms with E-state index in [-0.39, 0.29) is 0 Å². The van der Waals surface area contributed by atoms with Crippen molar-refractivity contribution in [2.45, 2.75) is 89.5 Å². The third kappa shape index (κ3) is 24.6. The maximum atomic E-state index is 3.88. The number of thioether (sulfide) groups is 1. The van der Waals surface area contributed by atoms with Crippen molar-refractivity contribution in [3.05, 3.63) is 78.6 Å². The zero-order valence-electron chi connectivity index (χ0n) is 26.2. The van der Waals surface area contributed by atoms with Crippen LogP contribution >= 0.6 is 11.8 Å². The second-order valence-corrected chi connectivity index (χ2v) is 11.1. The van der Waals surface area contributed by atoms with Gasteiger partial charge < -0.3 is 14.8 Å². The fraction of sp³-hybridized carbons (Fsp3) is 0.576. The molecule has 39 heavy (non-hydrogen) atoms. The molecule has 0 bridgehead atoms. The molecular weight excluding hydrogens is 498 g/mol. The van der Waals surface area contributed by atoms with Gasteiger partial charge in [0.15, 0.2) is 0 Å². The minimum absolute atomic E-state index is 0.826. The number of aryl methyl sites for hydroxylation is 3. The molecule has 1 saturated carbocycles. The van der Waals surface area contributed by atoms with Crippen LogP contribution in [0.4, 0.5) is 0 Å². The minimum Gasteiger partial charge on any atom is -0.341 e. The molecule has 0 spiro atoms. The number of aromatic nitrogens is 3. The van der Waals surface area contributed by atoms with Crippen LogP contribution in [0.15, 0.2) is 72.4 Å². The highest BCUT2D eigenvalue weighted by Crippen LogP contribution is 2.16. The summed E-state index contributed by atoms with van der Waals surface area (Å²) in [4.78, 5) is 11.2. The van der Waals surface area contributed by atoms with Gasteiger partial charge in [-0.25, -0.2) is 4.98 Å². The predicted molar refractivity (Wildman–Crippen MR) is 174 cm³/mol. The van der Waals surface area contributed by atoms with Crippen molar-refractivity contribution in [2.24, 2.45) is 7.05 Å². The first-order valence-electron chi connectivity index (χ1n) is 14.5. The lowest BCUT2D eigenvalue weighted by molar-refractivity contribution is 0.393. The van der Waals surface area contributed by atoms with E-state index in [0.29, 0.717) is 0 Å². The van der Waals surface area contributed by atoms with E-state index in [2.05, 4.69) is 85.7 Å². The molecule has 6 heteroatoms. The number of nitrogens with one attached hydrogen (secondary N) is 1. The monoisotopic (exact) mass is 555 g/mol. The first-order chi connectivity index (χ1) is 18.8. The molecule has 0 aliphatic heterocycles. The van der Waals surface area contributed by atoms with Gasteiger partial charge in [0.25, 0.3) is 0 Å². The molecule has 2 aromatic heterocycles. The standard InChI is InChI=1S/C8H17N.C8H10S.C7H17N.C6H7N.C4H6N2/c1-9-8-6-4-2-3-5-7-8;1-7-3-5-8(9-2)6-4-7;1-4-5-6-7-8(2)3;1-6-3-2-4-7-5-6;1-6-3-2-5-4-6/h8-9H,2-7H2,1H3;3-6H,1-2H3;4-7H2,1-3H3;2-5H,1H3;2-4H,1H3. The van der Waals surface area contributed by atoms with Crippen molar-refractivity contribution >= 4 is 11.8 Å². The average molecular weight is 556 g/mol. The van der Waals surface area contributed by atoms with Crippen molar-refractivity contribution in [1.82, 2.24) is 24.8 Å². The molecule has 4 rings (SSSR count). The van der Waals surface area contributed by atoms with Gasteiger partial charge in [0.2, 0.25) is 0 Å². The molecule has 0 unspecified atom stereocenters. The van der Waals surface area contributed by atoms with Crippen molar-refractivity contribution in [3.8, 4) is 0 Å². The zero-order chi connectivity index (χ0) is 29.1. The Hall–Kier alpha value is -2.15. The highest BCUT2D eigenvalue weighted by atomic mass is 32.2. The third-order valence-corrected chi connectivity index (χ3v) is 6.92. The lowest BCUT2D eigenvalue weighted by Gasteiger charge is -2.10. The van der Waals surface area contributed by atoms with Crippen LogP contribution in [-0.4, -0.2) is 59.4 Å². The molecule has 1 aliphatic carbocycles. The van der Waals surface area contributed by atoms with Crippen LogP contribution in [0.5, 0.6) is 0 Å². The van der Waals surface area contributed by atoms with Crippen LogP contribution in [0.25, 0.3) is 0 Å². The first-order valence-corrected chi connectivity index (χ1v) is 15.8. The number of hydrogen-bond donors (Lipinski definition) is 1. The maximum Gasteiger partial charge on any atom is 0.0943 e. The van der Waals surface area contributed by atoms with E-state index >= 15 is 0 Å². The average Bonchev–Trinajstić information content (AvgIpc) is 3.27. The summed E-state index contributed by atoms with van der Waals surface area (Å²) in [5, 5.41) is 3.34. The highest BCUT2D eigenvalue weighted by Gasteiger charge is 2.08. The van der Waals surface area contributed by atoms with Crippen molar-refractivity contribution in [1.29, 1.82) is 0 Å². The van der Waals surface area contributed by atoms with Gasteiger partial charge in [-0.2, -0.15) is 0 Å². The summed E-state index contributed by atoms with van der Waals surface area (Å²) < 4.78 is 1.89. The van der Waals surface area contributed by atoms with E-state index in [1.165, 1.54) is 80.4 Å². The van der Waals surface area contributed by atoms with Gasteiger partial charge in [0.05, 0.1) is 6.33 Å². The number of hydrogen-bond acceptors (Lipinski definition) is 5. The Labute approximate surface area is 245 Å². The Morgan fingerprint density at radius 3 is 1.95 bits per heavy atom. The molecule has 0 amide bonds. The lowest BCUT2D eigenvalue weighted by atomic mass is 10.1. The molecule has 1 aromatic carbocycles. The van der Waals surface area contributed by atoms with Crippen LogP contribution in [0.3, 0.4) is 0 Å². The maximum absolute atomic E-state index is 3.88. The van der Waals surface area contributed by atoms with Gasteiger partial charge in [-0.1, -0.05) is 69.2 Å². The molecule has 2 heterocycles. The Bertz CT molecular complexity index is 859. The van der Waals surface area contributed by atoms with Crippen LogP contribution in [-0.2, 0) is 7.05 Å². The molecule has 220 valence electrons. The van der Waals surface area contributed by atoms with Gasteiger partial charge in [-0.05, 0) is 90.8 Å². The van der Waals surface area contributed by atoms with Gasteiger partial charge in [0.1, 0.15) is 0 Å². The van der Waals surface area contributed by atoms with E-state index in [9.17, 15) is 0 Å².